The van der Waals surface area contributed by atoms with Crippen LogP contribution in [0.5, 0.6) is 11.5 Å². The highest BCUT2D eigenvalue weighted by atomic mass is 16.5. The van der Waals surface area contributed by atoms with Gasteiger partial charge in [0.25, 0.3) is 0 Å². The molecule has 1 rings (SSSR count). The van der Waals surface area contributed by atoms with E-state index in [4.69, 9.17) is 10.5 Å². The maximum atomic E-state index is 9.55. The number of benzene rings is 1. The topological polar surface area (TPSA) is 55.5 Å². The Hall–Kier alpha value is -1.38. The fourth-order valence-corrected chi connectivity index (χ4v) is 1.24. The number of nitrogen functional groups attached to an aromatic ring is 1. The fraction of sp³-hybridized carbons (Fsp3) is 0.400. The molecule has 0 bridgehead atoms. The first-order chi connectivity index (χ1) is 6.06. The lowest BCUT2D eigenvalue weighted by atomic mass is 10.0. The number of nitrogens with two attached hydrogens (primary N) is 1. The third-order valence-electron chi connectivity index (χ3n) is 2.00. The van der Waals surface area contributed by atoms with Crippen LogP contribution in [0.4, 0.5) is 5.69 Å². The first-order valence-electron chi connectivity index (χ1n) is 4.22. The SMILES string of the molecule is COc1cc(C(C)C)c(O)cc1N. The number of hydrogen-bond donors (Lipinski definition) is 2. The van der Waals surface area contributed by atoms with Crippen molar-refractivity contribution in [3.63, 3.8) is 0 Å². The minimum atomic E-state index is 0.230. The lowest BCUT2D eigenvalue weighted by Crippen LogP contribution is -1.96. The molecule has 0 amide bonds. The predicted molar refractivity (Wildman–Crippen MR) is 53.2 cm³/mol. The summed E-state index contributed by atoms with van der Waals surface area (Å²) in [5.41, 5.74) is 6.93. The van der Waals surface area contributed by atoms with Gasteiger partial charge in [0.05, 0.1) is 12.8 Å². The summed E-state index contributed by atoms with van der Waals surface area (Å²) in [6.07, 6.45) is 0. The minimum absolute atomic E-state index is 0.230. The van der Waals surface area contributed by atoms with Gasteiger partial charge >= 0.3 is 0 Å². The monoisotopic (exact) mass is 181 g/mol. The summed E-state index contributed by atoms with van der Waals surface area (Å²) in [6, 6.07) is 3.30. The van der Waals surface area contributed by atoms with E-state index in [9.17, 15) is 5.11 Å². The van der Waals surface area contributed by atoms with Crippen molar-refractivity contribution in [1.82, 2.24) is 0 Å². The van der Waals surface area contributed by atoms with Gasteiger partial charge in [-0.2, -0.15) is 0 Å². The molecule has 0 aromatic heterocycles. The molecule has 0 saturated heterocycles. The largest absolute Gasteiger partial charge is 0.508 e. The highest BCUT2D eigenvalue weighted by Gasteiger charge is 2.10. The number of aromatic hydroxyl groups is 1. The molecule has 1 aromatic rings. The van der Waals surface area contributed by atoms with E-state index in [0.717, 1.165) is 5.56 Å². The number of methoxy groups -OCH3 is 1. The van der Waals surface area contributed by atoms with E-state index >= 15 is 0 Å². The molecule has 3 heteroatoms. The molecule has 0 heterocycles. The molecule has 3 N–H and O–H groups in total. The summed E-state index contributed by atoms with van der Waals surface area (Å²) in [5, 5.41) is 9.55. The maximum Gasteiger partial charge on any atom is 0.142 e. The summed E-state index contributed by atoms with van der Waals surface area (Å²) in [7, 11) is 1.56. The Balaban J connectivity index is 3.22. The molecule has 0 spiro atoms. The van der Waals surface area contributed by atoms with Crippen molar-refractivity contribution >= 4 is 5.69 Å². The van der Waals surface area contributed by atoms with Crippen LogP contribution in [0, 0.1) is 0 Å². The van der Waals surface area contributed by atoms with Gasteiger partial charge in [-0.3, -0.25) is 0 Å². The molecule has 0 fully saturated rings. The first kappa shape index (κ1) is 9.71. The molecule has 0 radical (unpaired) electrons. The first-order valence-corrected chi connectivity index (χ1v) is 4.22. The van der Waals surface area contributed by atoms with Crippen LogP contribution >= 0.6 is 0 Å². The third-order valence-corrected chi connectivity index (χ3v) is 2.00. The van der Waals surface area contributed by atoms with E-state index in [2.05, 4.69) is 0 Å². The molecule has 0 aliphatic carbocycles. The van der Waals surface area contributed by atoms with Crippen molar-refractivity contribution in [3.8, 4) is 11.5 Å². The van der Waals surface area contributed by atoms with Crippen molar-refractivity contribution in [1.29, 1.82) is 0 Å². The second kappa shape index (κ2) is 3.56. The second-order valence-corrected chi connectivity index (χ2v) is 3.31. The maximum absolute atomic E-state index is 9.55. The van der Waals surface area contributed by atoms with Gasteiger partial charge in [-0.05, 0) is 12.0 Å². The summed E-state index contributed by atoms with van der Waals surface area (Å²) in [5.74, 6) is 1.10. The minimum Gasteiger partial charge on any atom is -0.508 e. The van der Waals surface area contributed by atoms with E-state index in [1.54, 1.807) is 13.2 Å². The fourth-order valence-electron chi connectivity index (χ4n) is 1.24. The van der Waals surface area contributed by atoms with Crippen LogP contribution in [0.1, 0.15) is 25.3 Å². The Morgan fingerprint density at radius 2 is 2.00 bits per heavy atom. The molecule has 0 saturated carbocycles. The summed E-state index contributed by atoms with van der Waals surface area (Å²) >= 11 is 0. The highest BCUT2D eigenvalue weighted by molar-refractivity contribution is 5.59. The van der Waals surface area contributed by atoms with Crippen molar-refractivity contribution in [2.75, 3.05) is 12.8 Å². The molecule has 0 atom stereocenters. The molecule has 72 valence electrons. The van der Waals surface area contributed by atoms with Gasteiger partial charge in [-0.25, -0.2) is 0 Å². The average Bonchev–Trinajstić information content (AvgIpc) is 2.03. The predicted octanol–water partition coefficient (Wildman–Crippen LogP) is 2.11. The zero-order chi connectivity index (χ0) is 10.0. The van der Waals surface area contributed by atoms with Gasteiger partial charge in [0.2, 0.25) is 0 Å². The molecule has 0 aliphatic rings. The Morgan fingerprint density at radius 3 is 2.46 bits per heavy atom. The van der Waals surface area contributed by atoms with Crippen molar-refractivity contribution < 1.29 is 9.84 Å². The van der Waals surface area contributed by atoms with Crippen molar-refractivity contribution in [3.05, 3.63) is 17.7 Å². The van der Waals surface area contributed by atoms with Crippen LogP contribution in [-0.4, -0.2) is 12.2 Å². The Kier molecular flexibility index (Phi) is 2.66. The second-order valence-electron chi connectivity index (χ2n) is 3.31. The highest BCUT2D eigenvalue weighted by Crippen LogP contribution is 2.33. The van der Waals surface area contributed by atoms with E-state index in [0.29, 0.717) is 11.4 Å². The smallest absolute Gasteiger partial charge is 0.142 e. The summed E-state index contributed by atoms with van der Waals surface area (Å²) in [6.45, 7) is 4.01. The van der Waals surface area contributed by atoms with E-state index < -0.39 is 0 Å². The van der Waals surface area contributed by atoms with E-state index in [1.165, 1.54) is 6.07 Å². The normalized spacial score (nSPS) is 10.5. The van der Waals surface area contributed by atoms with Gasteiger partial charge < -0.3 is 15.6 Å². The van der Waals surface area contributed by atoms with Gasteiger partial charge in [0.15, 0.2) is 0 Å². The van der Waals surface area contributed by atoms with Gasteiger partial charge in [0, 0.05) is 11.6 Å². The van der Waals surface area contributed by atoms with Crippen LogP contribution < -0.4 is 10.5 Å². The van der Waals surface area contributed by atoms with Crippen LogP contribution in [-0.2, 0) is 0 Å². The zero-order valence-electron chi connectivity index (χ0n) is 8.16. The number of hydrogen-bond acceptors (Lipinski definition) is 3. The van der Waals surface area contributed by atoms with Crippen molar-refractivity contribution in [2.24, 2.45) is 0 Å². The van der Waals surface area contributed by atoms with Gasteiger partial charge in [-0.15, -0.1) is 0 Å². The van der Waals surface area contributed by atoms with Crippen LogP contribution in [0.3, 0.4) is 0 Å². The number of phenols is 1. The number of anilines is 1. The van der Waals surface area contributed by atoms with E-state index in [1.807, 2.05) is 13.8 Å². The number of phenolic OH excluding ortho intramolecular Hbond substituents is 1. The van der Waals surface area contributed by atoms with Gasteiger partial charge in [0.1, 0.15) is 11.5 Å². The Bertz CT molecular complexity index is 308. The third kappa shape index (κ3) is 1.86. The lowest BCUT2D eigenvalue weighted by molar-refractivity contribution is 0.412. The lowest BCUT2D eigenvalue weighted by Gasteiger charge is -2.12. The van der Waals surface area contributed by atoms with Crippen LogP contribution in [0.25, 0.3) is 0 Å². The summed E-state index contributed by atoms with van der Waals surface area (Å²) < 4.78 is 5.05. The Labute approximate surface area is 78.1 Å². The van der Waals surface area contributed by atoms with Gasteiger partial charge in [-0.1, -0.05) is 13.8 Å². The quantitative estimate of drug-likeness (QED) is 0.687. The standard InChI is InChI=1S/C10H15NO2/c1-6(2)7-4-10(13-3)8(11)5-9(7)12/h4-6,12H,11H2,1-3H3. The van der Waals surface area contributed by atoms with Crippen LogP contribution in [0.2, 0.25) is 0 Å². The molecular formula is C10H15NO2. The van der Waals surface area contributed by atoms with Crippen LogP contribution in [0.15, 0.2) is 12.1 Å². The average molecular weight is 181 g/mol. The number of ether oxygens (including phenoxy) is 1. The zero-order valence-corrected chi connectivity index (χ0v) is 8.16. The molecule has 1 aromatic carbocycles. The molecule has 3 nitrogen and oxygen atoms in total. The molecule has 0 aliphatic heterocycles. The molecule has 13 heavy (non-hydrogen) atoms. The van der Waals surface area contributed by atoms with Crippen molar-refractivity contribution in [2.45, 2.75) is 19.8 Å². The Morgan fingerprint density at radius 1 is 1.38 bits per heavy atom. The van der Waals surface area contributed by atoms with E-state index in [-0.39, 0.29) is 11.7 Å². The number of rotatable bonds is 2. The molecule has 0 unspecified atom stereocenters. The molecular weight excluding hydrogens is 166 g/mol. The summed E-state index contributed by atoms with van der Waals surface area (Å²) in [4.78, 5) is 0.